The van der Waals surface area contributed by atoms with Crippen LogP contribution in [0.25, 0.3) is 0 Å². The van der Waals surface area contributed by atoms with Crippen molar-refractivity contribution in [1.82, 2.24) is 16.2 Å². The van der Waals surface area contributed by atoms with Gasteiger partial charge < -0.3 is 14.8 Å². The summed E-state index contributed by atoms with van der Waals surface area (Å²) >= 11 is 0. The van der Waals surface area contributed by atoms with Crippen LogP contribution in [-0.2, 0) is 9.59 Å². The standard InChI is InChI=1S/C17H23N3O5/c1-3-4-9-25-13-8-5-11(10-14(13)24-2)15(21)19-20-17(23)16(22)18-12-6-7-12/h5,8,10,12H,3-4,6-7,9H2,1-2H3,(H,18,22)(H,19,21)(H,20,23). The summed E-state index contributed by atoms with van der Waals surface area (Å²) in [5, 5.41) is 2.53. The number of carbonyl (C=O) groups is 3. The van der Waals surface area contributed by atoms with E-state index in [0.29, 0.717) is 18.1 Å². The lowest BCUT2D eigenvalue weighted by molar-refractivity contribution is -0.139. The zero-order valence-corrected chi connectivity index (χ0v) is 14.4. The first-order valence-corrected chi connectivity index (χ1v) is 8.27. The van der Waals surface area contributed by atoms with E-state index in [1.807, 2.05) is 0 Å². The van der Waals surface area contributed by atoms with E-state index in [0.717, 1.165) is 25.7 Å². The number of hydrazine groups is 1. The largest absolute Gasteiger partial charge is 0.493 e. The van der Waals surface area contributed by atoms with Gasteiger partial charge in [-0.05, 0) is 37.5 Å². The minimum absolute atomic E-state index is 0.0680. The summed E-state index contributed by atoms with van der Waals surface area (Å²) in [6.45, 7) is 2.62. The average molecular weight is 349 g/mol. The molecule has 25 heavy (non-hydrogen) atoms. The molecule has 0 aliphatic heterocycles. The molecule has 1 aromatic carbocycles. The van der Waals surface area contributed by atoms with E-state index < -0.39 is 17.7 Å². The Bertz CT molecular complexity index is 643. The molecular weight excluding hydrogens is 326 g/mol. The van der Waals surface area contributed by atoms with Crippen molar-refractivity contribution in [3.63, 3.8) is 0 Å². The number of benzene rings is 1. The minimum atomic E-state index is -0.910. The van der Waals surface area contributed by atoms with Gasteiger partial charge in [0.05, 0.1) is 13.7 Å². The lowest BCUT2D eigenvalue weighted by Gasteiger charge is -2.12. The molecule has 1 aliphatic carbocycles. The van der Waals surface area contributed by atoms with E-state index in [1.54, 1.807) is 12.1 Å². The molecular formula is C17H23N3O5. The Morgan fingerprint density at radius 2 is 1.88 bits per heavy atom. The van der Waals surface area contributed by atoms with Crippen molar-refractivity contribution >= 4 is 17.7 Å². The van der Waals surface area contributed by atoms with E-state index in [1.165, 1.54) is 13.2 Å². The molecule has 1 fully saturated rings. The first kappa shape index (κ1) is 18.6. The van der Waals surface area contributed by atoms with Crippen molar-refractivity contribution in [3.05, 3.63) is 23.8 Å². The number of ether oxygens (including phenoxy) is 2. The van der Waals surface area contributed by atoms with Crippen LogP contribution in [0.4, 0.5) is 0 Å². The normalized spacial score (nSPS) is 12.9. The quantitative estimate of drug-likeness (QED) is 0.385. The number of amides is 3. The molecule has 0 heterocycles. The van der Waals surface area contributed by atoms with Crippen molar-refractivity contribution in [2.75, 3.05) is 13.7 Å². The van der Waals surface area contributed by atoms with Crippen molar-refractivity contribution in [2.24, 2.45) is 0 Å². The summed E-state index contributed by atoms with van der Waals surface area (Å²) in [4.78, 5) is 35.2. The van der Waals surface area contributed by atoms with Gasteiger partial charge in [0.2, 0.25) is 0 Å². The molecule has 8 heteroatoms. The molecule has 0 unspecified atom stereocenters. The molecule has 1 aliphatic rings. The molecule has 0 spiro atoms. The van der Waals surface area contributed by atoms with Crippen LogP contribution >= 0.6 is 0 Å². The maximum absolute atomic E-state index is 12.1. The summed E-state index contributed by atoms with van der Waals surface area (Å²) in [6.07, 6.45) is 3.67. The van der Waals surface area contributed by atoms with Gasteiger partial charge in [-0.15, -0.1) is 0 Å². The Labute approximate surface area is 146 Å². The van der Waals surface area contributed by atoms with Crippen LogP contribution < -0.4 is 25.6 Å². The zero-order valence-electron chi connectivity index (χ0n) is 14.4. The summed E-state index contributed by atoms with van der Waals surface area (Å²) in [5.74, 6) is -1.28. The molecule has 0 saturated heterocycles. The van der Waals surface area contributed by atoms with Gasteiger partial charge in [0.25, 0.3) is 5.91 Å². The van der Waals surface area contributed by atoms with Gasteiger partial charge in [0, 0.05) is 11.6 Å². The number of carbonyl (C=O) groups excluding carboxylic acids is 3. The summed E-state index contributed by atoms with van der Waals surface area (Å²) in [5.41, 5.74) is 4.55. The van der Waals surface area contributed by atoms with Gasteiger partial charge in [-0.3, -0.25) is 25.2 Å². The van der Waals surface area contributed by atoms with Crippen LogP contribution in [0.3, 0.4) is 0 Å². The first-order valence-electron chi connectivity index (χ1n) is 8.27. The van der Waals surface area contributed by atoms with Crippen LogP contribution in [0.15, 0.2) is 18.2 Å². The third kappa shape index (κ3) is 5.66. The third-order valence-electron chi connectivity index (χ3n) is 3.59. The Morgan fingerprint density at radius 3 is 2.52 bits per heavy atom. The van der Waals surface area contributed by atoms with Gasteiger partial charge in [-0.1, -0.05) is 13.3 Å². The fourth-order valence-corrected chi connectivity index (χ4v) is 1.98. The molecule has 0 radical (unpaired) electrons. The highest BCUT2D eigenvalue weighted by Gasteiger charge is 2.26. The summed E-state index contributed by atoms with van der Waals surface area (Å²) in [7, 11) is 1.48. The number of hydrogen-bond donors (Lipinski definition) is 3. The predicted octanol–water partition coefficient (Wildman–Crippen LogP) is 0.914. The number of hydrogen-bond acceptors (Lipinski definition) is 5. The highest BCUT2D eigenvalue weighted by molar-refractivity contribution is 6.35. The lowest BCUT2D eigenvalue weighted by atomic mass is 10.2. The molecule has 0 atom stereocenters. The molecule has 0 aromatic heterocycles. The number of unbranched alkanes of at least 4 members (excludes halogenated alkanes) is 1. The first-order chi connectivity index (χ1) is 12.0. The Morgan fingerprint density at radius 1 is 1.12 bits per heavy atom. The highest BCUT2D eigenvalue weighted by Crippen LogP contribution is 2.28. The van der Waals surface area contributed by atoms with Gasteiger partial charge in [0.15, 0.2) is 11.5 Å². The number of rotatable bonds is 7. The number of nitrogens with one attached hydrogen (secondary N) is 3. The van der Waals surface area contributed by atoms with Crippen LogP contribution in [0.2, 0.25) is 0 Å². The fraction of sp³-hybridized carbons (Fsp3) is 0.471. The Balaban J connectivity index is 1.89. The second-order valence-corrected chi connectivity index (χ2v) is 5.72. The topological polar surface area (TPSA) is 106 Å². The van der Waals surface area contributed by atoms with Crippen LogP contribution in [-0.4, -0.2) is 37.5 Å². The second kappa shape index (κ2) is 8.91. The van der Waals surface area contributed by atoms with E-state index in [4.69, 9.17) is 9.47 Å². The molecule has 2 rings (SSSR count). The van der Waals surface area contributed by atoms with Crippen LogP contribution in [0, 0.1) is 0 Å². The lowest BCUT2D eigenvalue weighted by Crippen LogP contribution is -2.48. The van der Waals surface area contributed by atoms with Crippen molar-refractivity contribution in [1.29, 1.82) is 0 Å². The molecule has 3 N–H and O–H groups in total. The molecule has 8 nitrogen and oxygen atoms in total. The molecule has 1 aromatic rings. The average Bonchev–Trinajstić information content (AvgIpc) is 3.43. The molecule has 1 saturated carbocycles. The SMILES string of the molecule is CCCCOc1ccc(C(=O)NNC(=O)C(=O)NC2CC2)cc1OC. The second-order valence-electron chi connectivity index (χ2n) is 5.72. The van der Waals surface area contributed by atoms with E-state index in [-0.39, 0.29) is 11.6 Å². The molecule has 136 valence electrons. The van der Waals surface area contributed by atoms with E-state index >= 15 is 0 Å². The monoisotopic (exact) mass is 349 g/mol. The maximum atomic E-state index is 12.1. The van der Waals surface area contributed by atoms with E-state index in [9.17, 15) is 14.4 Å². The third-order valence-corrected chi connectivity index (χ3v) is 3.59. The van der Waals surface area contributed by atoms with E-state index in [2.05, 4.69) is 23.1 Å². The zero-order chi connectivity index (χ0) is 18.2. The smallest absolute Gasteiger partial charge is 0.327 e. The number of methoxy groups -OCH3 is 1. The van der Waals surface area contributed by atoms with Crippen LogP contribution in [0.5, 0.6) is 11.5 Å². The van der Waals surface area contributed by atoms with Crippen molar-refractivity contribution in [3.8, 4) is 11.5 Å². The Kier molecular flexibility index (Phi) is 6.62. The van der Waals surface area contributed by atoms with Gasteiger partial charge in [-0.2, -0.15) is 0 Å². The van der Waals surface area contributed by atoms with Crippen molar-refractivity contribution < 1.29 is 23.9 Å². The fourth-order valence-electron chi connectivity index (χ4n) is 1.98. The van der Waals surface area contributed by atoms with Gasteiger partial charge in [-0.25, -0.2) is 0 Å². The summed E-state index contributed by atoms with van der Waals surface area (Å²) in [6, 6.07) is 4.76. The highest BCUT2D eigenvalue weighted by atomic mass is 16.5. The van der Waals surface area contributed by atoms with Crippen LogP contribution in [0.1, 0.15) is 43.0 Å². The van der Waals surface area contributed by atoms with Crippen molar-refractivity contribution in [2.45, 2.75) is 38.6 Å². The predicted molar refractivity (Wildman–Crippen MR) is 90.2 cm³/mol. The molecule has 0 bridgehead atoms. The summed E-state index contributed by atoms with van der Waals surface area (Å²) < 4.78 is 10.8. The van der Waals surface area contributed by atoms with Gasteiger partial charge in [0.1, 0.15) is 0 Å². The Hall–Kier alpha value is -2.77. The molecule has 3 amide bonds. The minimum Gasteiger partial charge on any atom is -0.493 e. The maximum Gasteiger partial charge on any atom is 0.327 e. The van der Waals surface area contributed by atoms with Gasteiger partial charge >= 0.3 is 11.8 Å².